The lowest BCUT2D eigenvalue weighted by Crippen LogP contribution is -2.42. The first kappa shape index (κ1) is 15.2. The van der Waals surface area contributed by atoms with E-state index >= 15 is 0 Å². The average Bonchev–Trinajstić information content (AvgIpc) is 2.93. The number of carbonyl (C=O) groups is 1. The van der Waals surface area contributed by atoms with Gasteiger partial charge in [-0.2, -0.15) is 15.0 Å². The third kappa shape index (κ3) is 4.66. The third-order valence-corrected chi connectivity index (χ3v) is 3.26. The quantitative estimate of drug-likeness (QED) is 0.882. The summed E-state index contributed by atoms with van der Waals surface area (Å²) in [5.74, 6) is -0.135. The molecule has 0 saturated heterocycles. The monoisotopic (exact) mass is 290 g/mol. The van der Waals surface area contributed by atoms with Crippen molar-refractivity contribution in [2.75, 3.05) is 0 Å². The van der Waals surface area contributed by atoms with Crippen molar-refractivity contribution in [3.05, 3.63) is 48.0 Å². The SMILES string of the molecule is CC(C)[C@H](Cn1nccn1)NC(=O)Cc1ccc(F)cc1. The number of aromatic nitrogens is 3. The van der Waals surface area contributed by atoms with Crippen LogP contribution in [-0.4, -0.2) is 26.9 Å². The van der Waals surface area contributed by atoms with Crippen molar-refractivity contribution >= 4 is 5.91 Å². The minimum absolute atomic E-state index is 0.0506. The van der Waals surface area contributed by atoms with Crippen LogP contribution in [-0.2, 0) is 17.8 Å². The van der Waals surface area contributed by atoms with Crippen molar-refractivity contribution in [3.8, 4) is 0 Å². The first-order valence-corrected chi connectivity index (χ1v) is 6.92. The highest BCUT2D eigenvalue weighted by Crippen LogP contribution is 2.07. The predicted molar refractivity (Wildman–Crippen MR) is 76.9 cm³/mol. The van der Waals surface area contributed by atoms with E-state index in [9.17, 15) is 9.18 Å². The number of nitrogens with zero attached hydrogens (tertiary/aromatic N) is 3. The van der Waals surface area contributed by atoms with E-state index in [0.29, 0.717) is 6.54 Å². The van der Waals surface area contributed by atoms with Gasteiger partial charge in [0, 0.05) is 0 Å². The summed E-state index contributed by atoms with van der Waals surface area (Å²) < 4.78 is 12.8. The van der Waals surface area contributed by atoms with Gasteiger partial charge in [-0.05, 0) is 23.6 Å². The maximum absolute atomic E-state index is 12.8. The molecule has 1 heterocycles. The Labute approximate surface area is 123 Å². The van der Waals surface area contributed by atoms with Gasteiger partial charge in [0.05, 0.1) is 31.4 Å². The number of rotatable bonds is 6. The standard InChI is InChI=1S/C15H19FN4O/c1-11(2)14(10-20-17-7-8-18-20)19-15(21)9-12-3-5-13(16)6-4-12/h3-8,11,14H,9-10H2,1-2H3,(H,19,21)/t14-/m0/s1. The van der Waals surface area contributed by atoms with Crippen molar-refractivity contribution in [3.63, 3.8) is 0 Å². The molecule has 0 radical (unpaired) electrons. The topological polar surface area (TPSA) is 59.8 Å². The fraction of sp³-hybridized carbons (Fsp3) is 0.400. The summed E-state index contributed by atoms with van der Waals surface area (Å²) in [7, 11) is 0. The summed E-state index contributed by atoms with van der Waals surface area (Å²) in [5, 5.41) is 11.1. The van der Waals surface area contributed by atoms with Gasteiger partial charge in [-0.3, -0.25) is 4.79 Å². The molecule has 0 aliphatic carbocycles. The van der Waals surface area contributed by atoms with Crippen molar-refractivity contribution in [1.29, 1.82) is 0 Å². The molecule has 21 heavy (non-hydrogen) atoms. The summed E-state index contributed by atoms with van der Waals surface area (Å²) in [6.07, 6.45) is 3.45. The van der Waals surface area contributed by atoms with Crippen LogP contribution in [0.4, 0.5) is 4.39 Å². The minimum Gasteiger partial charge on any atom is -0.351 e. The van der Waals surface area contributed by atoms with Crippen LogP contribution >= 0.6 is 0 Å². The molecule has 1 aromatic carbocycles. The second-order valence-corrected chi connectivity index (χ2v) is 5.31. The van der Waals surface area contributed by atoms with Gasteiger partial charge in [0.1, 0.15) is 5.82 Å². The van der Waals surface area contributed by atoms with E-state index in [0.717, 1.165) is 5.56 Å². The first-order valence-electron chi connectivity index (χ1n) is 6.92. The van der Waals surface area contributed by atoms with Gasteiger partial charge in [0.25, 0.3) is 0 Å². The Hall–Kier alpha value is -2.24. The zero-order chi connectivity index (χ0) is 15.2. The van der Waals surface area contributed by atoms with Crippen molar-refractivity contribution in [2.24, 2.45) is 5.92 Å². The van der Waals surface area contributed by atoms with Gasteiger partial charge in [-0.1, -0.05) is 26.0 Å². The largest absolute Gasteiger partial charge is 0.351 e. The Kier molecular flexibility index (Phi) is 5.03. The number of amides is 1. The van der Waals surface area contributed by atoms with E-state index in [1.165, 1.54) is 12.1 Å². The van der Waals surface area contributed by atoms with Crippen LogP contribution in [0.5, 0.6) is 0 Å². The number of hydrogen-bond donors (Lipinski definition) is 1. The van der Waals surface area contributed by atoms with Gasteiger partial charge < -0.3 is 5.32 Å². The van der Waals surface area contributed by atoms with Crippen LogP contribution in [0.15, 0.2) is 36.7 Å². The van der Waals surface area contributed by atoms with Crippen LogP contribution in [0, 0.1) is 11.7 Å². The fourth-order valence-corrected chi connectivity index (χ4v) is 1.98. The Balaban J connectivity index is 1.93. The second-order valence-electron chi connectivity index (χ2n) is 5.31. The molecule has 0 bridgehead atoms. The highest BCUT2D eigenvalue weighted by atomic mass is 19.1. The molecule has 0 unspecified atom stereocenters. The molecule has 0 saturated carbocycles. The Morgan fingerprint density at radius 3 is 2.43 bits per heavy atom. The number of carbonyl (C=O) groups excluding carboxylic acids is 1. The molecule has 1 N–H and O–H groups in total. The molecule has 2 aromatic rings. The van der Waals surface area contributed by atoms with Crippen LogP contribution < -0.4 is 5.32 Å². The van der Waals surface area contributed by atoms with E-state index in [1.54, 1.807) is 29.3 Å². The maximum Gasteiger partial charge on any atom is 0.224 e. The first-order chi connectivity index (χ1) is 10.0. The van der Waals surface area contributed by atoms with Gasteiger partial charge in [0.15, 0.2) is 0 Å². The van der Waals surface area contributed by atoms with Gasteiger partial charge in [0.2, 0.25) is 5.91 Å². The lowest BCUT2D eigenvalue weighted by atomic mass is 10.0. The molecule has 1 amide bonds. The lowest BCUT2D eigenvalue weighted by Gasteiger charge is -2.21. The summed E-state index contributed by atoms with van der Waals surface area (Å²) >= 11 is 0. The Bertz CT molecular complexity index is 566. The van der Waals surface area contributed by atoms with Crippen LogP contribution in [0.1, 0.15) is 19.4 Å². The molecule has 1 atom stereocenters. The highest BCUT2D eigenvalue weighted by molar-refractivity contribution is 5.78. The Morgan fingerprint density at radius 2 is 1.86 bits per heavy atom. The summed E-state index contributed by atoms with van der Waals surface area (Å²) in [6, 6.07) is 5.90. The van der Waals surface area contributed by atoms with Crippen LogP contribution in [0.2, 0.25) is 0 Å². The minimum atomic E-state index is -0.302. The fourth-order valence-electron chi connectivity index (χ4n) is 1.98. The molecular formula is C15H19FN4O. The van der Waals surface area contributed by atoms with Gasteiger partial charge >= 0.3 is 0 Å². The van der Waals surface area contributed by atoms with Crippen LogP contribution in [0.25, 0.3) is 0 Å². The molecule has 1 aromatic heterocycles. The average molecular weight is 290 g/mol. The highest BCUT2D eigenvalue weighted by Gasteiger charge is 2.17. The Morgan fingerprint density at radius 1 is 1.24 bits per heavy atom. The second kappa shape index (κ2) is 6.97. The van der Waals surface area contributed by atoms with Gasteiger partial charge in [-0.25, -0.2) is 4.39 Å². The molecular weight excluding hydrogens is 271 g/mol. The van der Waals surface area contributed by atoms with Gasteiger partial charge in [-0.15, -0.1) is 0 Å². The maximum atomic E-state index is 12.8. The zero-order valence-electron chi connectivity index (χ0n) is 12.2. The summed E-state index contributed by atoms with van der Waals surface area (Å²) in [6.45, 7) is 4.60. The van der Waals surface area contributed by atoms with Crippen molar-refractivity contribution in [1.82, 2.24) is 20.3 Å². The van der Waals surface area contributed by atoms with Crippen molar-refractivity contribution in [2.45, 2.75) is 32.9 Å². The third-order valence-electron chi connectivity index (χ3n) is 3.26. The molecule has 0 fully saturated rings. The molecule has 0 aliphatic heterocycles. The molecule has 0 spiro atoms. The number of hydrogen-bond acceptors (Lipinski definition) is 3. The van der Waals surface area contributed by atoms with E-state index in [4.69, 9.17) is 0 Å². The number of nitrogens with one attached hydrogen (secondary N) is 1. The lowest BCUT2D eigenvalue weighted by molar-refractivity contribution is -0.121. The van der Waals surface area contributed by atoms with Crippen molar-refractivity contribution < 1.29 is 9.18 Å². The van der Waals surface area contributed by atoms with E-state index in [2.05, 4.69) is 15.5 Å². The van der Waals surface area contributed by atoms with Crippen LogP contribution in [0.3, 0.4) is 0 Å². The molecule has 112 valence electrons. The molecule has 2 rings (SSSR count). The summed E-state index contributed by atoms with van der Waals surface area (Å²) in [4.78, 5) is 13.6. The molecule has 6 heteroatoms. The molecule has 0 aliphatic rings. The van der Waals surface area contributed by atoms with E-state index in [-0.39, 0.29) is 30.1 Å². The normalized spacial score (nSPS) is 12.4. The smallest absolute Gasteiger partial charge is 0.224 e. The molecule has 5 nitrogen and oxygen atoms in total. The summed E-state index contributed by atoms with van der Waals surface area (Å²) in [5.41, 5.74) is 0.786. The zero-order valence-corrected chi connectivity index (χ0v) is 12.2. The number of benzene rings is 1. The number of halogens is 1. The predicted octanol–water partition coefficient (Wildman–Crippen LogP) is 1.80. The van der Waals surface area contributed by atoms with E-state index in [1.807, 2.05) is 13.8 Å². The van der Waals surface area contributed by atoms with E-state index < -0.39 is 0 Å².